The number of likely N-dealkylation sites (tertiary alicyclic amines) is 1. The zero-order chi connectivity index (χ0) is 21.9. The van der Waals surface area contributed by atoms with Gasteiger partial charge in [0.25, 0.3) is 0 Å². The van der Waals surface area contributed by atoms with Crippen LogP contribution >= 0.6 is 11.3 Å². The minimum Gasteiger partial charge on any atom is -0.494 e. The van der Waals surface area contributed by atoms with Gasteiger partial charge in [-0.05, 0) is 75.6 Å². The van der Waals surface area contributed by atoms with Crippen LogP contribution in [-0.4, -0.2) is 69.7 Å². The first-order valence-corrected chi connectivity index (χ1v) is 12.1. The molecule has 7 heteroatoms. The fourth-order valence-corrected chi connectivity index (χ4v) is 4.68. The summed E-state index contributed by atoms with van der Waals surface area (Å²) >= 11 is 1.84. The molecule has 1 unspecified atom stereocenters. The van der Waals surface area contributed by atoms with Crippen LogP contribution in [0.3, 0.4) is 0 Å². The maximum atomic E-state index is 5.82. The summed E-state index contributed by atoms with van der Waals surface area (Å²) in [5, 5.41) is 9.14. The summed E-state index contributed by atoms with van der Waals surface area (Å²) in [7, 11) is 5.99. The Labute approximate surface area is 191 Å². The molecule has 1 atom stereocenters. The van der Waals surface area contributed by atoms with Gasteiger partial charge >= 0.3 is 0 Å². The summed E-state index contributed by atoms with van der Waals surface area (Å²) in [5.74, 6) is 1.76. The van der Waals surface area contributed by atoms with Crippen LogP contribution in [0, 0.1) is 0 Å². The summed E-state index contributed by atoms with van der Waals surface area (Å²) in [6, 6.07) is 13.1. The molecule has 1 aromatic carbocycles. The largest absolute Gasteiger partial charge is 0.494 e. The SMILES string of the molecule is CN=C(NCc1ccc(OCCCN(C)C)cc1)NCC(c1cccs1)N1CCCC1. The van der Waals surface area contributed by atoms with E-state index < -0.39 is 0 Å². The molecule has 1 aromatic heterocycles. The van der Waals surface area contributed by atoms with Crippen molar-refractivity contribution in [3.8, 4) is 5.75 Å². The number of hydrogen-bond donors (Lipinski definition) is 2. The number of ether oxygens (including phenoxy) is 1. The molecule has 1 aliphatic rings. The van der Waals surface area contributed by atoms with E-state index in [0.717, 1.165) is 44.4 Å². The number of hydrogen-bond acceptors (Lipinski definition) is 5. The predicted molar refractivity (Wildman–Crippen MR) is 131 cm³/mol. The fourth-order valence-electron chi connectivity index (χ4n) is 3.82. The molecule has 170 valence electrons. The van der Waals surface area contributed by atoms with Crippen LogP contribution in [0.5, 0.6) is 5.75 Å². The molecule has 2 heterocycles. The molecule has 0 saturated carbocycles. The molecular formula is C24H37N5OS. The molecule has 1 aliphatic heterocycles. The smallest absolute Gasteiger partial charge is 0.191 e. The first-order valence-electron chi connectivity index (χ1n) is 11.2. The Bertz CT molecular complexity index is 770. The number of benzene rings is 1. The highest BCUT2D eigenvalue weighted by Crippen LogP contribution is 2.27. The van der Waals surface area contributed by atoms with Gasteiger partial charge in [0.1, 0.15) is 5.75 Å². The second-order valence-corrected chi connectivity index (χ2v) is 9.21. The molecular weight excluding hydrogens is 406 g/mol. The molecule has 0 aliphatic carbocycles. The van der Waals surface area contributed by atoms with Crippen LogP contribution in [-0.2, 0) is 6.54 Å². The first kappa shape index (κ1) is 23.6. The van der Waals surface area contributed by atoms with Gasteiger partial charge in [0.2, 0.25) is 0 Å². The Morgan fingerprint density at radius 1 is 1.16 bits per heavy atom. The molecule has 1 saturated heterocycles. The average molecular weight is 444 g/mol. The number of nitrogens with zero attached hydrogens (tertiary/aromatic N) is 3. The van der Waals surface area contributed by atoms with Gasteiger partial charge in [0, 0.05) is 31.6 Å². The number of thiophene rings is 1. The van der Waals surface area contributed by atoms with E-state index in [-0.39, 0.29) is 0 Å². The maximum absolute atomic E-state index is 5.82. The number of nitrogens with one attached hydrogen (secondary N) is 2. The summed E-state index contributed by atoms with van der Waals surface area (Å²) < 4.78 is 5.82. The van der Waals surface area contributed by atoms with E-state index in [1.54, 1.807) is 0 Å². The Kier molecular flexibility index (Phi) is 9.65. The molecule has 0 amide bonds. The lowest BCUT2D eigenvalue weighted by Crippen LogP contribution is -2.42. The number of rotatable bonds is 11. The third-order valence-corrected chi connectivity index (χ3v) is 6.51. The lowest BCUT2D eigenvalue weighted by molar-refractivity contribution is 0.249. The van der Waals surface area contributed by atoms with Crippen LogP contribution in [0.4, 0.5) is 0 Å². The molecule has 0 bridgehead atoms. The van der Waals surface area contributed by atoms with Crippen LogP contribution < -0.4 is 15.4 Å². The normalized spacial score (nSPS) is 15.9. The van der Waals surface area contributed by atoms with Gasteiger partial charge in [-0.3, -0.25) is 9.89 Å². The second-order valence-electron chi connectivity index (χ2n) is 8.23. The molecule has 31 heavy (non-hydrogen) atoms. The molecule has 3 rings (SSSR count). The highest BCUT2D eigenvalue weighted by Gasteiger charge is 2.24. The van der Waals surface area contributed by atoms with Crippen molar-refractivity contribution in [3.63, 3.8) is 0 Å². The van der Waals surface area contributed by atoms with Gasteiger partial charge in [0.15, 0.2) is 5.96 Å². The van der Waals surface area contributed by atoms with Crippen molar-refractivity contribution < 1.29 is 4.74 Å². The van der Waals surface area contributed by atoms with Gasteiger partial charge in [0.05, 0.1) is 12.6 Å². The van der Waals surface area contributed by atoms with Gasteiger partial charge < -0.3 is 20.3 Å². The van der Waals surface area contributed by atoms with Gasteiger partial charge in [-0.15, -0.1) is 11.3 Å². The van der Waals surface area contributed by atoms with E-state index >= 15 is 0 Å². The topological polar surface area (TPSA) is 52.1 Å². The third-order valence-electron chi connectivity index (χ3n) is 5.54. The van der Waals surface area contributed by atoms with E-state index in [4.69, 9.17) is 4.74 Å². The third kappa shape index (κ3) is 7.83. The highest BCUT2D eigenvalue weighted by atomic mass is 32.1. The predicted octanol–water partition coefficient (Wildman–Crippen LogP) is 3.58. The Morgan fingerprint density at radius 2 is 1.94 bits per heavy atom. The van der Waals surface area contributed by atoms with Crippen molar-refractivity contribution in [1.29, 1.82) is 0 Å². The zero-order valence-electron chi connectivity index (χ0n) is 19.1. The summed E-state index contributed by atoms with van der Waals surface area (Å²) in [6.45, 7) is 5.74. The van der Waals surface area contributed by atoms with Gasteiger partial charge in [-0.2, -0.15) is 0 Å². The van der Waals surface area contributed by atoms with E-state index in [2.05, 4.69) is 69.2 Å². The van der Waals surface area contributed by atoms with E-state index in [9.17, 15) is 0 Å². The maximum Gasteiger partial charge on any atom is 0.191 e. The Hall–Kier alpha value is -2.09. The standard InChI is InChI=1S/C24H37N5OS/c1-25-24(27-19-22(23-8-6-17-31-23)29-14-4-5-15-29)26-18-20-9-11-21(12-10-20)30-16-7-13-28(2)3/h6,8-12,17,22H,4-5,7,13-16,18-19H2,1-3H3,(H2,25,26,27). The van der Waals surface area contributed by atoms with Crippen LogP contribution in [0.2, 0.25) is 0 Å². The van der Waals surface area contributed by atoms with Crippen molar-refractivity contribution in [3.05, 3.63) is 52.2 Å². The van der Waals surface area contributed by atoms with E-state index in [1.807, 2.05) is 30.5 Å². The average Bonchev–Trinajstić information content (AvgIpc) is 3.49. The van der Waals surface area contributed by atoms with Crippen molar-refractivity contribution in [2.75, 3.05) is 53.9 Å². The monoisotopic (exact) mass is 443 g/mol. The first-order chi connectivity index (χ1) is 15.2. The Morgan fingerprint density at radius 3 is 2.58 bits per heavy atom. The van der Waals surface area contributed by atoms with Gasteiger partial charge in [-0.1, -0.05) is 18.2 Å². The van der Waals surface area contributed by atoms with Crippen molar-refractivity contribution in [2.45, 2.75) is 31.8 Å². The molecule has 1 fully saturated rings. The molecule has 0 spiro atoms. The number of guanidine groups is 1. The molecule has 2 aromatic rings. The van der Waals surface area contributed by atoms with Crippen LogP contribution in [0.15, 0.2) is 46.8 Å². The van der Waals surface area contributed by atoms with Gasteiger partial charge in [-0.25, -0.2) is 0 Å². The van der Waals surface area contributed by atoms with Crippen LogP contribution in [0.25, 0.3) is 0 Å². The van der Waals surface area contributed by atoms with Crippen LogP contribution in [0.1, 0.15) is 35.7 Å². The summed E-state index contributed by atoms with van der Waals surface area (Å²) in [6.07, 6.45) is 3.62. The number of aliphatic imine (C=N–C) groups is 1. The fraction of sp³-hybridized carbons (Fsp3) is 0.542. The summed E-state index contributed by atoms with van der Waals surface area (Å²) in [4.78, 5) is 10.6. The summed E-state index contributed by atoms with van der Waals surface area (Å²) in [5.41, 5.74) is 1.21. The quantitative estimate of drug-likeness (QED) is 0.316. The van der Waals surface area contributed by atoms with Crippen molar-refractivity contribution in [1.82, 2.24) is 20.4 Å². The second kappa shape index (κ2) is 12.7. The lowest BCUT2D eigenvalue weighted by Gasteiger charge is -2.27. The minimum absolute atomic E-state index is 0.407. The van der Waals surface area contributed by atoms with Crippen molar-refractivity contribution >= 4 is 17.3 Å². The lowest BCUT2D eigenvalue weighted by atomic mass is 10.2. The molecule has 0 radical (unpaired) electrons. The minimum atomic E-state index is 0.407. The van der Waals surface area contributed by atoms with E-state index in [0.29, 0.717) is 6.04 Å². The highest BCUT2D eigenvalue weighted by molar-refractivity contribution is 7.10. The van der Waals surface area contributed by atoms with Crippen molar-refractivity contribution in [2.24, 2.45) is 4.99 Å². The zero-order valence-corrected chi connectivity index (χ0v) is 20.0. The van der Waals surface area contributed by atoms with E-state index in [1.165, 1.54) is 36.4 Å². The Balaban J connectivity index is 1.44. The molecule has 6 nitrogen and oxygen atoms in total. The molecule has 2 N–H and O–H groups in total.